The Kier molecular flexibility index (Phi) is 18.4. The molecule has 0 aliphatic heterocycles. The lowest BCUT2D eigenvalue weighted by molar-refractivity contribution is -0.168. The van der Waals surface area contributed by atoms with E-state index in [1.54, 1.807) is 45.9 Å². The van der Waals surface area contributed by atoms with Crippen LogP contribution in [0, 0.1) is 11.8 Å². The third kappa shape index (κ3) is 14.2. The van der Waals surface area contributed by atoms with Crippen LogP contribution in [0.4, 0.5) is 11.4 Å². The summed E-state index contributed by atoms with van der Waals surface area (Å²) in [5, 5.41) is 5.87. The summed E-state index contributed by atoms with van der Waals surface area (Å²) >= 11 is 0. The van der Waals surface area contributed by atoms with Gasteiger partial charge in [0.15, 0.2) is 0 Å². The van der Waals surface area contributed by atoms with Crippen molar-refractivity contribution in [3.05, 3.63) is 59.7 Å². The minimum absolute atomic E-state index is 0.0557. The summed E-state index contributed by atoms with van der Waals surface area (Å²) in [5.74, 6) is -2.30. The van der Waals surface area contributed by atoms with E-state index in [1.165, 1.54) is 51.4 Å². The number of hydrogen-bond donors (Lipinski definition) is 2. The van der Waals surface area contributed by atoms with Crippen LogP contribution >= 0.6 is 0 Å². The van der Waals surface area contributed by atoms with Gasteiger partial charge in [0, 0.05) is 35.2 Å². The highest BCUT2D eigenvalue weighted by Gasteiger charge is 2.30. The summed E-state index contributed by atoms with van der Waals surface area (Å²) in [4.78, 5) is 51.7. The zero-order valence-electron chi connectivity index (χ0n) is 28.7. The number of benzene rings is 2. The molecule has 0 aliphatic rings. The predicted molar refractivity (Wildman–Crippen MR) is 184 cm³/mol. The van der Waals surface area contributed by atoms with Crippen molar-refractivity contribution in [2.24, 2.45) is 11.8 Å². The van der Waals surface area contributed by atoms with E-state index in [9.17, 15) is 19.2 Å². The van der Waals surface area contributed by atoms with Crippen molar-refractivity contribution in [2.75, 3.05) is 17.2 Å². The molecule has 0 radical (unpaired) electrons. The molecule has 254 valence electrons. The number of hydrogen-bond acceptors (Lipinski definition) is 6. The number of carbonyl (C=O) groups excluding carboxylic acids is 4. The molecule has 0 heterocycles. The van der Waals surface area contributed by atoms with Crippen molar-refractivity contribution in [2.45, 2.75) is 124 Å². The second kappa shape index (κ2) is 22.0. The summed E-state index contributed by atoms with van der Waals surface area (Å²) in [7, 11) is 0. The molecule has 2 amide bonds. The topological polar surface area (TPSA) is 111 Å². The van der Waals surface area contributed by atoms with Gasteiger partial charge in [-0.1, -0.05) is 122 Å². The Balaban J connectivity index is 2.23. The fourth-order valence-corrected chi connectivity index (χ4v) is 5.27. The SMILES string of the molecule is CCCCCCCCCCCCC(Cc1ccccc1)C(=O)Nc1ccc(NC(=O)C(C)C)c(C(OC(=O)CC)C(=O)OCC)c1. The van der Waals surface area contributed by atoms with Crippen LogP contribution in [0.3, 0.4) is 0 Å². The highest BCUT2D eigenvalue weighted by atomic mass is 16.6. The Labute approximate surface area is 276 Å². The molecule has 2 atom stereocenters. The lowest BCUT2D eigenvalue weighted by Gasteiger charge is -2.22. The average molecular weight is 637 g/mol. The molecule has 0 fully saturated rings. The van der Waals surface area contributed by atoms with Crippen molar-refractivity contribution < 1.29 is 28.7 Å². The summed E-state index contributed by atoms with van der Waals surface area (Å²) in [6.07, 6.45) is 12.3. The van der Waals surface area contributed by atoms with Gasteiger partial charge in [-0.25, -0.2) is 4.79 Å². The van der Waals surface area contributed by atoms with Crippen LogP contribution in [0.1, 0.15) is 129 Å². The van der Waals surface area contributed by atoms with Crippen molar-refractivity contribution in [1.29, 1.82) is 0 Å². The quantitative estimate of drug-likeness (QED) is 0.0986. The van der Waals surface area contributed by atoms with Crippen molar-refractivity contribution in [3.8, 4) is 0 Å². The Hall–Kier alpha value is -3.68. The van der Waals surface area contributed by atoms with Gasteiger partial charge in [0.2, 0.25) is 17.9 Å². The second-order valence-electron chi connectivity index (χ2n) is 12.3. The van der Waals surface area contributed by atoms with Gasteiger partial charge in [-0.2, -0.15) is 0 Å². The molecule has 0 spiro atoms. The van der Waals surface area contributed by atoms with E-state index in [-0.39, 0.29) is 42.2 Å². The Bertz CT molecular complexity index is 1210. The molecule has 0 bridgehead atoms. The molecule has 0 saturated carbocycles. The maximum atomic E-state index is 13.7. The number of amides is 2. The van der Waals surface area contributed by atoms with E-state index in [4.69, 9.17) is 9.47 Å². The molecule has 0 saturated heterocycles. The molecule has 8 nitrogen and oxygen atoms in total. The van der Waals surface area contributed by atoms with Gasteiger partial charge in [-0.05, 0) is 43.5 Å². The van der Waals surface area contributed by atoms with Crippen LogP contribution < -0.4 is 10.6 Å². The summed E-state index contributed by atoms with van der Waals surface area (Å²) in [6, 6.07) is 14.9. The first-order valence-corrected chi connectivity index (χ1v) is 17.4. The van der Waals surface area contributed by atoms with Crippen LogP contribution in [-0.4, -0.2) is 30.4 Å². The molecule has 8 heteroatoms. The van der Waals surface area contributed by atoms with Gasteiger partial charge in [-0.15, -0.1) is 0 Å². The largest absolute Gasteiger partial charge is 0.463 e. The van der Waals surface area contributed by atoms with Crippen molar-refractivity contribution >= 4 is 35.1 Å². The second-order valence-corrected chi connectivity index (χ2v) is 12.3. The molecule has 2 N–H and O–H groups in total. The molecule has 2 aromatic rings. The Morgan fingerprint density at radius 2 is 1.37 bits per heavy atom. The number of rotatable bonds is 22. The lowest BCUT2D eigenvalue weighted by atomic mass is 9.92. The Morgan fingerprint density at radius 1 is 0.739 bits per heavy atom. The zero-order chi connectivity index (χ0) is 33.7. The molecule has 0 aromatic heterocycles. The number of ether oxygens (including phenoxy) is 2. The van der Waals surface area contributed by atoms with E-state index in [0.717, 1.165) is 24.8 Å². The van der Waals surface area contributed by atoms with Crippen molar-refractivity contribution in [3.63, 3.8) is 0 Å². The minimum Gasteiger partial charge on any atom is -0.463 e. The molecule has 2 unspecified atom stereocenters. The van der Waals surface area contributed by atoms with Crippen LogP contribution in [0.25, 0.3) is 0 Å². The third-order valence-electron chi connectivity index (χ3n) is 8.02. The normalized spacial score (nSPS) is 12.3. The number of anilines is 2. The molecule has 2 aromatic carbocycles. The highest BCUT2D eigenvalue weighted by molar-refractivity contribution is 5.96. The summed E-state index contributed by atoms with van der Waals surface area (Å²) in [6.45, 7) is 9.13. The maximum Gasteiger partial charge on any atom is 0.352 e. The van der Waals surface area contributed by atoms with Gasteiger partial charge >= 0.3 is 11.9 Å². The first-order chi connectivity index (χ1) is 22.2. The fourth-order valence-electron chi connectivity index (χ4n) is 5.27. The Morgan fingerprint density at radius 3 is 1.96 bits per heavy atom. The van der Waals surface area contributed by atoms with E-state index in [1.807, 2.05) is 30.3 Å². The number of esters is 2. The van der Waals surface area contributed by atoms with Crippen LogP contribution in [-0.2, 0) is 35.1 Å². The molecule has 0 aliphatic carbocycles. The van der Waals surface area contributed by atoms with Gasteiger partial charge in [0.1, 0.15) is 0 Å². The fraction of sp³-hybridized carbons (Fsp3) is 0.579. The zero-order valence-corrected chi connectivity index (χ0v) is 28.7. The van der Waals surface area contributed by atoms with Gasteiger partial charge in [0.05, 0.1) is 6.61 Å². The molecule has 46 heavy (non-hydrogen) atoms. The van der Waals surface area contributed by atoms with E-state index < -0.39 is 18.0 Å². The number of nitrogens with one attached hydrogen (secondary N) is 2. The first-order valence-electron chi connectivity index (χ1n) is 17.4. The standard InChI is InChI=1S/C38H56N2O6/c1-6-9-10-11-12-13-14-15-16-20-23-30(26-29-21-18-17-19-22-29)37(43)39-31-24-25-33(40-36(42)28(4)5)32(27-31)35(38(44)45-8-3)46-34(41)7-2/h17-19,21-22,24-25,27-28,30,35H,6-16,20,23,26H2,1-5H3,(H,39,43)(H,40,42). The van der Waals surface area contributed by atoms with Crippen molar-refractivity contribution in [1.82, 2.24) is 0 Å². The highest BCUT2D eigenvalue weighted by Crippen LogP contribution is 2.32. The predicted octanol–water partition coefficient (Wildman–Crippen LogP) is 8.95. The molecular weight excluding hydrogens is 580 g/mol. The minimum atomic E-state index is -1.40. The van der Waals surface area contributed by atoms with E-state index in [0.29, 0.717) is 17.8 Å². The molecular formula is C38H56N2O6. The third-order valence-corrected chi connectivity index (χ3v) is 8.02. The molecule has 2 rings (SSSR count). The monoisotopic (exact) mass is 636 g/mol. The number of unbranched alkanes of at least 4 members (excludes halogenated alkanes) is 9. The van der Waals surface area contributed by atoms with Crippen LogP contribution in [0.5, 0.6) is 0 Å². The number of carbonyl (C=O) groups is 4. The first kappa shape index (κ1) is 38.5. The van der Waals surface area contributed by atoms with Gasteiger partial charge < -0.3 is 20.1 Å². The average Bonchev–Trinajstić information content (AvgIpc) is 3.04. The van der Waals surface area contributed by atoms with Crippen LogP contribution in [0.2, 0.25) is 0 Å². The smallest absolute Gasteiger partial charge is 0.352 e. The lowest BCUT2D eigenvalue weighted by Crippen LogP contribution is -2.27. The van der Waals surface area contributed by atoms with Gasteiger partial charge in [0.25, 0.3) is 0 Å². The van der Waals surface area contributed by atoms with E-state index in [2.05, 4.69) is 17.6 Å². The van der Waals surface area contributed by atoms with E-state index >= 15 is 0 Å². The van der Waals surface area contributed by atoms with Crippen LogP contribution in [0.15, 0.2) is 48.5 Å². The maximum absolute atomic E-state index is 13.7. The summed E-state index contributed by atoms with van der Waals surface area (Å²) in [5.41, 5.74) is 2.08. The summed E-state index contributed by atoms with van der Waals surface area (Å²) < 4.78 is 10.7. The van der Waals surface area contributed by atoms with Gasteiger partial charge in [-0.3, -0.25) is 14.4 Å².